The van der Waals surface area contributed by atoms with E-state index in [1.165, 1.54) is 4.90 Å². The summed E-state index contributed by atoms with van der Waals surface area (Å²) in [6.07, 6.45) is -2.13. The Hall–Kier alpha value is -1.24. The minimum absolute atomic E-state index is 0.00240. The molecule has 0 saturated carbocycles. The first-order valence-electron chi connectivity index (χ1n) is 5.72. The largest absolute Gasteiger partial charge is 0.481 e. The van der Waals surface area contributed by atoms with Crippen molar-refractivity contribution in [2.45, 2.75) is 26.2 Å². The molecule has 0 aliphatic carbocycles. The summed E-state index contributed by atoms with van der Waals surface area (Å²) in [4.78, 5) is 24.1. The van der Waals surface area contributed by atoms with Gasteiger partial charge in [-0.15, -0.1) is 0 Å². The van der Waals surface area contributed by atoms with Gasteiger partial charge in [-0.2, -0.15) is 0 Å². The van der Waals surface area contributed by atoms with Gasteiger partial charge in [-0.05, 0) is 13.3 Å². The topological polar surface area (TPSA) is 66.8 Å². The Balaban J connectivity index is 2.30. The number of alkyl halides is 2. The van der Waals surface area contributed by atoms with Crippen LogP contribution in [0, 0.1) is 5.41 Å². The van der Waals surface area contributed by atoms with E-state index < -0.39 is 24.4 Å². The van der Waals surface area contributed by atoms with Crippen molar-refractivity contribution < 1.29 is 28.2 Å². The molecular formula is C11H17F2NO4. The van der Waals surface area contributed by atoms with Gasteiger partial charge in [-0.3, -0.25) is 9.59 Å². The molecule has 0 spiro atoms. The molecule has 7 heteroatoms. The molecule has 1 aliphatic heterocycles. The zero-order chi connectivity index (χ0) is 13.8. The van der Waals surface area contributed by atoms with E-state index in [0.29, 0.717) is 13.0 Å². The molecule has 1 rings (SSSR count). The fraction of sp³-hybridized carbons (Fsp3) is 0.818. The molecule has 1 amide bonds. The van der Waals surface area contributed by atoms with Gasteiger partial charge >= 0.3 is 5.97 Å². The van der Waals surface area contributed by atoms with Crippen molar-refractivity contribution in [2.24, 2.45) is 5.41 Å². The van der Waals surface area contributed by atoms with Crippen LogP contribution in [0.1, 0.15) is 19.8 Å². The maximum absolute atomic E-state index is 11.8. The lowest BCUT2D eigenvalue weighted by atomic mass is 9.90. The maximum atomic E-state index is 11.8. The highest BCUT2D eigenvalue weighted by molar-refractivity contribution is 5.80. The number of likely N-dealkylation sites (tertiary alicyclic amines) is 1. The number of ether oxygens (including phenoxy) is 1. The molecule has 0 radical (unpaired) electrons. The number of carbonyl (C=O) groups is 2. The average molecular weight is 265 g/mol. The molecule has 0 aromatic rings. The van der Waals surface area contributed by atoms with Gasteiger partial charge in [0.1, 0.15) is 6.61 Å². The molecule has 5 nitrogen and oxygen atoms in total. The number of rotatable bonds is 6. The fourth-order valence-electron chi connectivity index (χ4n) is 1.84. The second-order valence-electron chi connectivity index (χ2n) is 4.65. The summed E-state index contributed by atoms with van der Waals surface area (Å²) in [7, 11) is 0. The summed E-state index contributed by atoms with van der Waals surface area (Å²) < 4.78 is 28.1. The first kappa shape index (κ1) is 14.8. The fourth-order valence-corrected chi connectivity index (χ4v) is 1.84. The number of amides is 1. The third-order valence-electron chi connectivity index (χ3n) is 3.05. The molecule has 1 unspecified atom stereocenters. The quantitative estimate of drug-likeness (QED) is 0.727. The van der Waals surface area contributed by atoms with Gasteiger partial charge in [-0.25, -0.2) is 8.78 Å². The summed E-state index contributed by atoms with van der Waals surface area (Å²) in [5, 5.41) is 9.00. The van der Waals surface area contributed by atoms with E-state index in [-0.39, 0.29) is 25.5 Å². The van der Waals surface area contributed by atoms with Crippen molar-refractivity contribution >= 4 is 11.9 Å². The first-order valence-corrected chi connectivity index (χ1v) is 5.72. The Labute approximate surface area is 104 Å². The minimum Gasteiger partial charge on any atom is -0.481 e. The van der Waals surface area contributed by atoms with Gasteiger partial charge in [0.15, 0.2) is 0 Å². The van der Waals surface area contributed by atoms with Gasteiger partial charge in [0.25, 0.3) is 6.43 Å². The highest BCUT2D eigenvalue weighted by Crippen LogP contribution is 2.30. The van der Waals surface area contributed by atoms with Crippen LogP contribution in [0.2, 0.25) is 0 Å². The average Bonchev–Trinajstić information content (AvgIpc) is 2.68. The number of hydrogen-bond acceptors (Lipinski definition) is 3. The predicted octanol–water partition coefficient (Wildman–Crippen LogP) is 0.981. The van der Waals surface area contributed by atoms with Crippen LogP contribution in [0.15, 0.2) is 0 Å². The number of carboxylic acids is 1. The number of aliphatic carboxylic acids is 1. The standard InChI is InChI=1S/C11H17F2NO4/c1-11(10(16)17)3-4-14(7-11)9(15)2-5-18-6-8(12)13/h8H,2-7H2,1H3,(H,16,17). The Morgan fingerprint density at radius 3 is 2.67 bits per heavy atom. The Kier molecular flexibility index (Phi) is 5.01. The van der Waals surface area contributed by atoms with Crippen LogP contribution in [-0.4, -0.2) is 54.6 Å². The second-order valence-corrected chi connectivity index (χ2v) is 4.65. The van der Waals surface area contributed by atoms with Crippen LogP contribution in [0.3, 0.4) is 0 Å². The third-order valence-corrected chi connectivity index (χ3v) is 3.05. The molecule has 1 N–H and O–H groups in total. The molecule has 1 saturated heterocycles. The molecule has 1 atom stereocenters. The molecule has 1 heterocycles. The molecule has 104 valence electrons. The van der Waals surface area contributed by atoms with Crippen LogP contribution in [0.4, 0.5) is 8.78 Å². The molecule has 1 aliphatic rings. The molecule has 1 fully saturated rings. The maximum Gasteiger partial charge on any atom is 0.311 e. The smallest absolute Gasteiger partial charge is 0.311 e. The number of carboxylic acid groups (broad SMARTS) is 1. The van der Waals surface area contributed by atoms with E-state index in [1.54, 1.807) is 6.92 Å². The van der Waals surface area contributed by atoms with Crippen LogP contribution < -0.4 is 0 Å². The third kappa shape index (κ3) is 3.90. The molecule has 18 heavy (non-hydrogen) atoms. The molecule has 0 aromatic heterocycles. The Morgan fingerprint density at radius 1 is 1.50 bits per heavy atom. The zero-order valence-corrected chi connectivity index (χ0v) is 10.2. The van der Waals surface area contributed by atoms with Crippen LogP contribution in [0.25, 0.3) is 0 Å². The highest BCUT2D eigenvalue weighted by Gasteiger charge is 2.41. The summed E-state index contributed by atoms with van der Waals surface area (Å²) in [6.45, 7) is 1.39. The van der Waals surface area contributed by atoms with Crippen molar-refractivity contribution in [2.75, 3.05) is 26.3 Å². The SMILES string of the molecule is CC1(C(=O)O)CCN(C(=O)CCOCC(F)F)C1. The van der Waals surface area contributed by atoms with Crippen molar-refractivity contribution in [1.29, 1.82) is 0 Å². The van der Waals surface area contributed by atoms with Crippen LogP contribution in [-0.2, 0) is 14.3 Å². The van der Waals surface area contributed by atoms with Gasteiger partial charge in [-0.1, -0.05) is 0 Å². The molecular weight excluding hydrogens is 248 g/mol. The van der Waals surface area contributed by atoms with E-state index in [2.05, 4.69) is 4.74 Å². The van der Waals surface area contributed by atoms with E-state index in [1.807, 2.05) is 0 Å². The Morgan fingerprint density at radius 2 is 2.17 bits per heavy atom. The lowest BCUT2D eigenvalue weighted by Gasteiger charge is -2.20. The van der Waals surface area contributed by atoms with E-state index in [4.69, 9.17) is 5.11 Å². The van der Waals surface area contributed by atoms with Crippen molar-refractivity contribution in [3.8, 4) is 0 Å². The van der Waals surface area contributed by atoms with Gasteiger partial charge in [0, 0.05) is 13.1 Å². The summed E-state index contributed by atoms with van der Waals surface area (Å²) >= 11 is 0. The molecule has 0 aromatic carbocycles. The predicted molar refractivity (Wildman–Crippen MR) is 58.4 cm³/mol. The van der Waals surface area contributed by atoms with E-state index in [9.17, 15) is 18.4 Å². The number of halogens is 2. The Bertz CT molecular complexity index is 324. The lowest BCUT2D eigenvalue weighted by molar-refractivity contribution is -0.147. The highest BCUT2D eigenvalue weighted by atomic mass is 19.3. The number of nitrogens with zero attached hydrogens (tertiary/aromatic N) is 1. The first-order chi connectivity index (χ1) is 8.35. The monoisotopic (exact) mass is 265 g/mol. The molecule has 0 bridgehead atoms. The number of hydrogen-bond donors (Lipinski definition) is 1. The van der Waals surface area contributed by atoms with E-state index >= 15 is 0 Å². The number of carbonyl (C=O) groups excluding carboxylic acids is 1. The van der Waals surface area contributed by atoms with Crippen LogP contribution in [0.5, 0.6) is 0 Å². The van der Waals surface area contributed by atoms with Crippen molar-refractivity contribution in [3.63, 3.8) is 0 Å². The summed E-state index contributed by atoms with van der Waals surface area (Å²) in [5.74, 6) is -1.18. The van der Waals surface area contributed by atoms with Gasteiger partial charge in [0.05, 0.1) is 18.4 Å². The van der Waals surface area contributed by atoms with Crippen molar-refractivity contribution in [3.05, 3.63) is 0 Å². The van der Waals surface area contributed by atoms with E-state index in [0.717, 1.165) is 0 Å². The second kappa shape index (κ2) is 6.08. The van der Waals surface area contributed by atoms with Crippen molar-refractivity contribution in [1.82, 2.24) is 4.90 Å². The lowest BCUT2D eigenvalue weighted by Crippen LogP contribution is -2.35. The minimum atomic E-state index is -2.54. The summed E-state index contributed by atoms with van der Waals surface area (Å²) in [5.41, 5.74) is -0.903. The van der Waals surface area contributed by atoms with Gasteiger partial charge in [0.2, 0.25) is 5.91 Å². The summed E-state index contributed by atoms with van der Waals surface area (Å²) in [6, 6.07) is 0. The van der Waals surface area contributed by atoms with Gasteiger partial charge < -0.3 is 14.7 Å². The normalized spacial score (nSPS) is 23.7. The zero-order valence-electron chi connectivity index (χ0n) is 10.2. The van der Waals surface area contributed by atoms with Crippen LogP contribution >= 0.6 is 0 Å².